The summed E-state index contributed by atoms with van der Waals surface area (Å²) in [7, 11) is 0. The van der Waals surface area contributed by atoms with E-state index in [2.05, 4.69) is 60.4 Å². The number of pyridine rings is 1. The number of fused-ring (bicyclic) bond motifs is 4. The molecule has 142 valence electrons. The van der Waals surface area contributed by atoms with Gasteiger partial charge in [0.15, 0.2) is 0 Å². The van der Waals surface area contributed by atoms with Gasteiger partial charge in [0, 0.05) is 22.5 Å². The number of hydrogen-bond donors (Lipinski definition) is 0. The van der Waals surface area contributed by atoms with Crippen molar-refractivity contribution in [3.05, 3.63) is 89.9 Å². The molecule has 1 aromatic heterocycles. The Morgan fingerprint density at radius 1 is 0.793 bits per heavy atom. The Bertz CT molecular complexity index is 1400. The second-order valence-electron chi connectivity index (χ2n) is 8.06. The van der Waals surface area contributed by atoms with E-state index in [4.69, 9.17) is 0 Å². The number of benzene rings is 4. The maximum Gasteiger partial charge on any atom is 0.134 e. The summed E-state index contributed by atoms with van der Waals surface area (Å²) in [6.07, 6.45) is 1.71. The first-order valence-corrected chi connectivity index (χ1v) is 10.0. The fraction of sp³-hybridized carbons (Fsp3) is 0.148. The highest BCUT2D eigenvalue weighted by molar-refractivity contribution is 6.10. The van der Waals surface area contributed by atoms with Crippen molar-refractivity contribution < 1.29 is 4.39 Å². The van der Waals surface area contributed by atoms with E-state index in [1.54, 1.807) is 12.3 Å². The molecule has 0 spiro atoms. The number of nitrogens with zero attached hydrogens (tertiary/aromatic N) is 1. The van der Waals surface area contributed by atoms with Crippen LogP contribution in [-0.2, 0) is 0 Å². The normalized spacial score (nSPS) is 11.8. The zero-order valence-corrected chi connectivity index (χ0v) is 16.8. The highest BCUT2D eigenvalue weighted by Gasteiger charge is 2.15. The Kier molecular flexibility index (Phi) is 4.09. The number of aromatic nitrogens is 1. The minimum Gasteiger partial charge on any atom is -0.256 e. The van der Waals surface area contributed by atoms with Gasteiger partial charge in [-0.25, -0.2) is 4.39 Å². The van der Waals surface area contributed by atoms with Crippen molar-refractivity contribution in [2.24, 2.45) is 0 Å². The zero-order valence-electron chi connectivity index (χ0n) is 16.8. The highest BCUT2D eigenvalue weighted by atomic mass is 19.1. The zero-order chi connectivity index (χ0) is 20.1. The van der Waals surface area contributed by atoms with Gasteiger partial charge in [-0.05, 0) is 63.7 Å². The van der Waals surface area contributed by atoms with E-state index in [1.807, 2.05) is 26.0 Å². The molecule has 0 amide bonds. The van der Waals surface area contributed by atoms with Crippen LogP contribution in [0.1, 0.15) is 30.9 Å². The van der Waals surface area contributed by atoms with E-state index in [9.17, 15) is 0 Å². The largest absolute Gasteiger partial charge is 0.256 e. The van der Waals surface area contributed by atoms with Gasteiger partial charge in [0.1, 0.15) is 5.82 Å². The van der Waals surface area contributed by atoms with Crippen LogP contribution >= 0.6 is 0 Å². The van der Waals surface area contributed by atoms with Crippen LogP contribution in [0.2, 0.25) is 0 Å². The molecule has 0 saturated carbocycles. The van der Waals surface area contributed by atoms with Crippen molar-refractivity contribution in [2.75, 3.05) is 0 Å². The van der Waals surface area contributed by atoms with Crippen LogP contribution in [0.5, 0.6) is 0 Å². The van der Waals surface area contributed by atoms with Crippen LogP contribution in [0.25, 0.3) is 43.6 Å². The first kappa shape index (κ1) is 17.8. The average Bonchev–Trinajstić information content (AvgIpc) is 2.73. The summed E-state index contributed by atoms with van der Waals surface area (Å²) >= 11 is 0. The van der Waals surface area contributed by atoms with Crippen LogP contribution in [0.3, 0.4) is 0 Å². The lowest BCUT2D eigenvalue weighted by atomic mass is 9.93. The van der Waals surface area contributed by atoms with Gasteiger partial charge in [-0.3, -0.25) is 4.98 Å². The molecule has 0 N–H and O–H groups in total. The number of halogens is 1. The van der Waals surface area contributed by atoms with Gasteiger partial charge < -0.3 is 0 Å². The molecule has 0 saturated heterocycles. The van der Waals surface area contributed by atoms with E-state index in [0.717, 1.165) is 22.2 Å². The second kappa shape index (κ2) is 6.66. The maximum atomic E-state index is 15.1. The molecule has 0 bridgehead atoms. The summed E-state index contributed by atoms with van der Waals surface area (Å²) in [4.78, 5) is 4.64. The molecular weight excluding hydrogens is 357 g/mol. The Morgan fingerprint density at radius 2 is 1.59 bits per heavy atom. The standard InChI is InChI=1S/C27H22FN/c1-16(2)21-10-11-24-23(26(21)28)12-13-29-27(24)20-14-17(3)25-19(15-20)9-8-18-6-4-5-7-22(18)25/h4-16H,1-3H3. The smallest absolute Gasteiger partial charge is 0.134 e. The lowest BCUT2D eigenvalue weighted by Crippen LogP contribution is -1.96. The van der Waals surface area contributed by atoms with Crippen molar-refractivity contribution in [1.29, 1.82) is 0 Å². The van der Waals surface area contributed by atoms with Gasteiger partial charge in [-0.2, -0.15) is 0 Å². The SMILES string of the molecule is Cc1cc(-c2nccc3c(F)c(C(C)C)ccc23)cc2ccc3ccccc3c12. The lowest BCUT2D eigenvalue weighted by molar-refractivity contribution is 0.610. The van der Waals surface area contributed by atoms with E-state index in [1.165, 1.54) is 27.1 Å². The molecule has 1 nitrogen and oxygen atoms in total. The number of rotatable bonds is 2. The van der Waals surface area contributed by atoms with Gasteiger partial charge in [-0.1, -0.05) is 62.4 Å². The predicted octanol–water partition coefficient (Wildman–Crippen LogP) is 7.78. The topological polar surface area (TPSA) is 12.9 Å². The van der Waals surface area contributed by atoms with Gasteiger partial charge in [0.25, 0.3) is 0 Å². The van der Waals surface area contributed by atoms with Gasteiger partial charge >= 0.3 is 0 Å². The van der Waals surface area contributed by atoms with Crippen molar-refractivity contribution in [3.63, 3.8) is 0 Å². The Labute approximate surface area is 169 Å². The fourth-order valence-electron chi connectivity index (χ4n) is 4.41. The third-order valence-corrected chi connectivity index (χ3v) is 5.84. The van der Waals surface area contributed by atoms with Crippen LogP contribution in [0, 0.1) is 12.7 Å². The summed E-state index contributed by atoms with van der Waals surface area (Å²) in [5.41, 5.74) is 3.80. The van der Waals surface area contributed by atoms with Crippen molar-refractivity contribution in [1.82, 2.24) is 4.98 Å². The van der Waals surface area contributed by atoms with E-state index < -0.39 is 0 Å². The van der Waals surface area contributed by atoms with E-state index in [0.29, 0.717) is 5.39 Å². The highest BCUT2D eigenvalue weighted by Crippen LogP contribution is 2.36. The molecule has 5 rings (SSSR count). The molecule has 0 aliphatic heterocycles. The minimum absolute atomic E-state index is 0.135. The third-order valence-electron chi connectivity index (χ3n) is 5.84. The van der Waals surface area contributed by atoms with Crippen molar-refractivity contribution in [3.8, 4) is 11.3 Å². The van der Waals surface area contributed by atoms with Gasteiger partial charge in [0.05, 0.1) is 5.69 Å². The average molecular weight is 379 g/mol. The molecule has 0 atom stereocenters. The second-order valence-corrected chi connectivity index (χ2v) is 8.06. The molecule has 0 fully saturated rings. The molecule has 0 aliphatic rings. The first-order valence-electron chi connectivity index (χ1n) is 10.0. The molecule has 29 heavy (non-hydrogen) atoms. The minimum atomic E-state index is -0.135. The third kappa shape index (κ3) is 2.79. The molecule has 2 heteroatoms. The maximum absolute atomic E-state index is 15.1. The van der Waals surface area contributed by atoms with Crippen LogP contribution in [0.15, 0.2) is 72.9 Å². The van der Waals surface area contributed by atoms with Gasteiger partial charge in [0.2, 0.25) is 0 Å². The van der Waals surface area contributed by atoms with Crippen LogP contribution < -0.4 is 0 Å². The van der Waals surface area contributed by atoms with Crippen molar-refractivity contribution >= 4 is 32.3 Å². The van der Waals surface area contributed by atoms with E-state index >= 15 is 4.39 Å². The monoisotopic (exact) mass is 379 g/mol. The molecule has 0 aliphatic carbocycles. The fourth-order valence-corrected chi connectivity index (χ4v) is 4.41. The molecule has 4 aromatic carbocycles. The molecule has 1 heterocycles. The molecule has 0 radical (unpaired) electrons. The molecular formula is C27H22FN. The van der Waals surface area contributed by atoms with Crippen LogP contribution in [-0.4, -0.2) is 4.98 Å². The van der Waals surface area contributed by atoms with E-state index in [-0.39, 0.29) is 11.7 Å². The number of aryl methyl sites for hydroxylation is 1. The predicted molar refractivity (Wildman–Crippen MR) is 121 cm³/mol. The first-order chi connectivity index (χ1) is 14.0. The van der Waals surface area contributed by atoms with Crippen LogP contribution in [0.4, 0.5) is 4.39 Å². The number of hydrogen-bond acceptors (Lipinski definition) is 1. The Balaban J connectivity index is 1.79. The summed E-state index contributed by atoms with van der Waals surface area (Å²) in [5.74, 6) is 0.0110. The van der Waals surface area contributed by atoms with Crippen molar-refractivity contribution in [2.45, 2.75) is 26.7 Å². The summed E-state index contributed by atoms with van der Waals surface area (Å²) in [6, 6.07) is 22.8. The Morgan fingerprint density at radius 3 is 2.41 bits per heavy atom. The summed E-state index contributed by atoms with van der Waals surface area (Å²) in [5, 5.41) is 6.43. The quantitative estimate of drug-likeness (QED) is 0.285. The molecule has 5 aromatic rings. The van der Waals surface area contributed by atoms with Gasteiger partial charge in [-0.15, -0.1) is 0 Å². The summed E-state index contributed by atoms with van der Waals surface area (Å²) in [6.45, 7) is 6.17. The molecule has 0 unspecified atom stereocenters. The summed E-state index contributed by atoms with van der Waals surface area (Å²) < 4.78 is 15.1. The Hall–Kier alpha value is -3.26. The lowest BCUT2D eigenvalue weighted by Gasteiger charge is -2.14.